The van der Waals surface area contributed by atoms with E-state index in [0.717, 1.165) is 45.6 Å². The van der Waals surface area contributed by atoms with Crippen molar-refractivity contribution in [1.82, 2.24) is 15.5 Å². The second-order valence-corrected chi connectivity index (χ2v) is 9.80. The summed E-state index contributed by atoms with van der Waals surface area (Å²) in [6.45, 7) is 12.3. The van der Waals surface area contributed by atoms with Crippen molar-refractivity contribution in [3.63, 3.8) is 0 Å². The fraction of sp³-hybridized carbons (Fsp3) is 0.258. The number of rotatable bonds is 5. The number of carbonyl (C=O) groups excluding carboxylic acids is 1. The summed E-state index contributed by atoms with van der Waals surface area (Å²) in [6.07, 6.45) is 0.968. The molecule has 6 nitrogen and oxygen atoms in total. The maximum Gasteiger partial charge on any atom is 0.326 e. The van der Waals surface area contributed by atoms with E-state index in [0.29, 0.717) is 11.7 Å². The van der Waals surface area contributed by atoms with Gasteiger partial charge in [-0.15, -0.1) is 0 Å². The Bertz CT molecular complexity index is 1510. The molecule has 0 bridgehead atoms. The van der Waals surface area contributed by atoms with Crippen LogP contribution in [0.5, 0.6) is 0 Å². The van der Waals surface area contributed by atoms with Gasteiger partial charge < -0.3 is 9.84 Å². The van der Waals surface area contributed by atoms with Gasteiger partial charge in [-0.05, 0) is 86.6 Å². The smallest absolute Gasteiger partial charge is 0.326 e. The van der Waals surface area contributed by atoms with Crippen molar-refractivity contribution in [3.05, 3.63) is 106 Å². The molecular formula is C31H32N4O2. The Labute approximate surface area is 218 Å². The first-order valence-electron chi connectivity index (χ1n) is 12.7. The molecule has 0 saturated heterocycles. The van der Waals surface area contributed by atoms with Crippen molar-refractivity contribution in [2.75, 3.05) is 4.90 Å². The maximum absolute atomic E-state index is 13.5. The fourth-order valence-corrected chi connectivity index (χ4v) is 4.73. The van der Waals surface area contributed by atoms with Crippen molar-refractivity contribution in [1.29, 1.82) is 0 Å². The van der Waals surface area contributed by atoms with Crippen LogP contribution in [0.1, 0.15) is 59.2 Å². The topological polar surface area (TPSA) is 71.3 Å². The molecule has 0 radical (unpaired) electrons. The van der Waals surface area contributed by atoms with Gasteiger partial charge in [-0.1, -0.05) is 60.6 Å². The number of anilines is 1. The Morgan fingerprint density at radius 1 is 0.865 bits per heavy atom. The number of aryl methyl sites for hydroxylation is 5. The molecule has 0 spiro atoms. The standard InChI is InChI=1S/C31H32N4O2/c1-7-23-10-13-24(14-11-23)29-33-30(37-34-29)27-22(6)35(26-15-9-19(3)21(5)17-26)31(36)32-28(27)25-12-8-18(2)20(4)16-25/h8-17,28H,7H2,1-6H3,(H,32,36). The van der Waals surface area contributed by atoms with Crippen LogP contribution < -0.4 is 10.2 Å². The molecule has 1 aliphatic rings. The lowest BCUT2D eigenvalue weighted by Crippen LogP contribution is -2.46. The molecule has 5 rings (SSSR count). The molecule has 1 aliphatic heterocycles. The number of nitrogens with zero attached hydrogens (tertiary/aromatic N) is 3. The zero-order valence-corrected chi connectivity index (χ0v) is 22.2. The zero-order chi connectivity index (χ0) is 26.3. The Morgan fingerprint density at radius 3 is 2.19 bits per heavy atom. The third-order valence-corrected chi connectivity index (χ3v) is 7.37. The van der Waals surface area contributed by atoms with Gasteiger partial charge in [0.15, 0.2) is 0 Å². The molecular weight excluding hydrogens is 460 g/mol. The summed E-state index contributed by atoms with van der Waals surface area (Å²) >= 11 is 0. The van der Waals surface area contributed by atoms with Gasteiger partial charge in [0.25, 0.3) is 5.89 Å². The SMILES string of the molecule is CCc1ccc(-c2noc(C3=C(C)N(c4ccc(C)c(C)c4)C(=O)NC3c3ccc(C)c(C)c3)n2)cc1. The summed E-state index contributed by atoms with van der Waals surface area (Å²) in [7, 11) is 0. The molecule has 6 heteroatoms. The number of carbonyl (C=O) groups is 1. The number of aromatic nitrogens is 2. The summed E-state index contributed by atoms with van der Waals surface area (Å²) in [5.41, 5.74) is 10.1. The van der Waals surface area contributed by atoms with E-state index >= 15 is 0 Å². The molecule has 2 heterocycles. The molecule has 4 aromatic rings. The number of hydrogen-bond acceptors (Lipinski definition) is 4. The van der Waals surface area contributed by atoms with Crippen LogP contribution in [0.15, 0.2) is 70.9 Å². The normalized spacial score (nSPS) is 15.8. The predicted molar refractivity (Wildman–Crippen MR) is 147 cm³/mol. The Kier molecular flexibility index (Phi) is 6.42. The summed E-state index contributed by atoms with van der Waals surface area (Å²) in [4.78, 5) is 20.0. The first-order valence-corrected chi connectivity index (χ1v) is 12.7. The predicted octanol–water partition coefficient (Wildman–Crippen LogP) is 7.23. The number of urea groups is 1. The number of hydrogen-bond donors (Lipinski definition) is 1. The van der Waals surface area contributed by atoms with E-state index in [9.17, 15) is 4.79 Å². The molecule has 1 unspecified atom stereocenters. The summed E-state index contributed by atoms with van der Waals surface area (Å²) in [5, 5.41) is 7.51. The van der Waals surface area contributed by atoms with Gasteiger partial charge in [0.2, 0.25) is 5.82 Å². The van der Waals surface area contributed by atoms with E-state index in [4.69, 9.17) is 9.51 Å². The molecule has 2 amide bonds. The first-order chi connectivity index (χ1) is 17.8. The lowest BCUT2D eigenvalue weighted by molar-refractivity contribution is 0.244. The zero-order valence-electron chi connectivity index (χ0n) is 22.2. The van der Waals surface area contributed by atoms with Gasteiger partial charge in [0.1, 0.15) is 0 Å². The summed E-state index contributed by atoms with van der Waals surface area (Å²) in [5.74, 6) is 0.913. The van der Waals surface area contributed by atoms with Crippen LogP contribution in [0.4, 0.5) is 10.5 Å². The van der Waals surface area contributed by atoms with Gasteiger partial charge >= 0.3 is 6.03 Å². The summed E-state index contributed by atoms with van der Waals surface area (Å²) < 4.78 is 5.86. The van der Waals surface area contributed by atoms with E-state index in [-0.39, 0.29) is 6.03 Å². The molecule has 1 aromatic heterocycles. The van der Waals surface area contributed by atoms with E-state index < -0.39 is 6.04 Å². The third-order valence-electron chi connectivity index (χ3n) is 7.37. The van der Waals surface area contributed by atoms with Crippen molar-refractivity contribution in [2.45, 2.75) is 54.0 Å². The first kappa shape index (κ1) is 24.5. The molecule has 37 heavy (non-hydrogen) atoms. The molecule has 0 aliphatic carbocycles. The number of amides is 2. The Balaban J connectivity index is 1.65. The average molecular weight is 493 g/mol. The van der Waals surface area contributed by atoms with Crippen LogP contribution in [-0.4, -0.2) is 16.2 Å². The lowest BCUT2D eigenvalue weighted by Gasteiger charge is -2.35. The van der Waals surface area contributed by atoms with Crippen LogP contribution in [0, 0.1) is 27.7 Å². The highest BCUT2D eigenvalue weighted by Gasteiger charge is 2.36. The fourth-order valence-electron chi connectivity index (χ4n) is 4.73. The van der Waals surface area contributed by atoms with Gasteiger partial charge in [-0.2, -0.15) is 4.98 Å². The van der Waals surface area contributed by atoms with E-state index in [2.05, 4.69) is 62.4 Å². The maximum atomic E-state index is 13.5. The van der Waals surface area contributed by atoms with Crippen molar-refractivity contribution in [3.8, 4) is 11.4 Å². The second-order valence-electron chi connectivity index (χ2n) is 9.80. The minimum Gasteiger partial charge on any atom is -0.334 e. The van der Waals surface area contributed by atoms with Crippen LogP contribution >= 0.6 is 0 Å². The number of benzene rings is 3. The van der Waals surface area contributed by atoms with Gasteiger partial charge in [0.05, 0.1) is 17.3 Å². The van der Waals surface area contributed by atoms with E-state index in [1.54, 1.807) is 4.90 Å². The van der Waals surface area contributed by atoms with Crippen LogP contribution in [0.25, 0.3) is 17.0 Å². The lowest BCUT2D eigenvalue weighted by atomic mass is 9.92. The number of allylic oxidation sites excluding steroid dienone is 1. The van der Waals surface area contributed by atoms with Crippen molar-refractivity contribution < 1.29 is 9.32 Å². The molecule has 0 saturated carbocycles. The monoisotopic (exact) mass is 492 g/mol. The Morgan fingerprint density at radius 2 is 1.54 bits per heavy atom. The second kappa shape index (κ2) is 9.69. The highest BCUT2D eigenvalue weighted by molar-refractivity contribution is 6.01. The van der Waals surface area contributed by atoms with Gasteiger partial charge in [-0.25, -0.2) is 4.79 Å². The number of nitrogens with one attached hydrogen (secondary N) is 1. The van der Waals surface area contributed by atoms with Crippen molar-refractivity contribution >= 4 is 17.3 Å². The quantitative estimate of drug-likeness (QED) is 0.319. The van der Waals surface area contributed by atoms with Crippen LogP contribution in [0.2, 0.25) is 0 Å². The van der Waals surface area contributed by atoms with Crippen LogP contribution in [-0.2, 0) is 6.42 Å². The largest absolute Gasteiger partial charge is 0.334 e. The molecule has 1 N–H and O–H groups in total. The third kappa shape index (κ3) is 4.55. The molecule has 3 aromatic carbocycles. The minimum atomic E-state index is -0.426. The van der Waals surface area contributed by atoms with Gasteiger partial charge in [0, 0.05) is 11.3 Å². The average Bonchev–Trinajstić information content (AvgIpc) is 3.37. The minimum absolute atomic E-state index is 0.192. The van der Waals surface area contributed by atoms with Gasteiger partial charge in [-0.3, -0.25) is 4.90 Å². The van der Waals surface area contributed by atoms with Crippen molar-refractivity contribution in [2.24, 2.45) is 0 Å². The molecule has 0 fully saturated rings. The highest BCUT2D eigenvalue weighted by Crippen LogP contribution is 2.39. The van der Waals surface area contributed by atoms with E-state index in [1.807, 2.05) is 50.2 Å². The highest BCUT2D eigenvalue weighted by atomic mass is 16.5. The van der Waals surface area contributed by atoms with Crippen LogP contribution in [0.3, 0.4) is 0 Å². The van der Waals surface area contributed by atoms with E-state index in [1.165, 1.54) is 16.7 Å². The molecule has 188 valence electrons. The Hall–Kier alpha value is -4.19. The summed E-state index contributed by atoms with van der Waals surface area (Å²) in [6, 6.07) is 19.8. The molecule has 1 atom stereocenters.